The lowest BCUT2D eigenvalue weighted by Crippen LogP contribution is -2.34. The van der Waals surface area contributed by atoms with Gasteiger partial charge in [0.2, 0.25) is 0 Å². The minimum absolute atomic E-state index is 0.961. The smallest absolute Gasteiger partial charge is 0.147 e. The Balaban J connectivity index is 2.05. The van der Waals surface area contributed by atoms with Gasteiger partial charge in [0.1, 0.15) is 12.2 Å². The second-order valence-corrected chi connectivity index (χ2v) is 3.98. The van der Waals surface area contributed by atoms with E-state index < -0.39 is 0 Å². The number of nitrogens with zero attached hydrogens (tertiary/aromatic N) is 4. The van der Waals surface area contributed by atoms with E-state index in [9.17, 15) is 0 Å². The highest BCUT2D eigenvalue weighted by Gasteiger charge is 2.15. The third kappa shape index (κ3) is 1.61. The van der Waals surface area contributed by atoms with Crippen LogP contribution in [-0.2, 0) is 13.1 Å². The molecule has 0 N–H and O–H groups in total. The molecule has 0 saturated carbocycles. The zero-order valence-corrected chi connectivity index (χ0v) is 8.94. The van der Waals surface area contributed by atoms with Gasteiger partial charge in [-0.3, -0.25) is 4.90 Å². The van der Waals surface area contributed by atoms with E-state index >= 15 is 0 Å². The zero-order chi connectivity index (χ0) is 8.39. The first-order valence-electron chi connectivity index (χ1n) is 4.05. The summed E-state index contributed by atoms with van der Waals surface area (Å²) in [6.07, 6.45) is 1.82. The second-order valence-electron chi connectivity index (χ2n) is 2.91. The molecular formula is C7H11IN4. The van der Waals surface area contributed by atoms with Crippen LogP contribution in [-0.4, -0.2) is 37.2 Å². The third-order valence-corrected chi connectivity index (χ3v) is 2.60. The highest BCUT2D eigenvalue weighted by Crippen LogP contribution is 2.08. The largest absolute Gasteiger partial charge is 0.315 e. The Morgan fingerprint density at radius 1 is 1.50 bits per heavy atom. The lowest BCUT2D eigenvalue weighted by atomic mass is 10.3. The number of hydrogen-bond acceptors (Lipinski definition) is 3. The summed E-state index contributed by atoms with van der Waals surface area (Å²) in [5.74, 6) is 1.10. The molecular weight excluding hydrogens is 267 g/mol. The average Bonchev–Trinajstić information content (AvgIpc) is 2.51. The van der Waals surface area contributed by atoms with E-state index in [1.807, 2.05) is 6.33 Å². The molecule has 0 atom stereocenters. The molecule has 0 amide bonds. The van der Waals surface area contributed by atoms with E-state index in [2.05, 4.69) is 42.3 Å². The van der Waals surface area contributed by atoms with Crippen molar-refractivity contribution in [2.45, 2.75) is 13.1 Å². The fourth-order valence-corrected chi connectivity index (χ4v) is 2.11. The molecule has 1 aliphatic rings. The van der Waals surface area contributed by atoms with Gasteiger partial charge in [-0.15, -0.1) is 10.2 Å². The normalized spacial score (nSPS) is 17.8. The van der Waals surface area contributed by atoms with Crippen LogP contribution in [0.25, 0.3) is 0 Å². The summed E-state index contributed by atoms with van der Waals surface area (Å²) in [7, 11) is 0. The third-order valence-electron chi connectivity index (χ3n) is 2.12. The Bertz CT molecular complexity index is 260. The highest BCUT2D eigenvalue weighted by molar-refractivity contribution is 14.1. The lowest BCUT2D eigenvalue weighted by Gasteiger charge is -2.25. The number of hydrogen-bond donors (Lipinski definition) is 0. The topological polar surface area (TPSA) is 34.0 Å². The van der Waals surface area contributed by atoms with Crippen molar-refractivity contribution in [3.8, 4) is 0 Å². The Kier molecular flexibility index (Phi) is 2.60. The van der Waals surface area contributed by atoms with Gasteiger partial charge in [0.05, 0.1) is 6.54 Å². The van der Waals surface area contributed by atoms with E-state index in [1.165, 1.54) is 4.43 Å². The summed E-state index contributed by atoms with van der Waals surface area (Å²) in [4.78, 5) is 2.41. The van der Waals surface area contributed by atoms with E-state index in [0.29, 0.717) is 0 Å². The maximum Gasteiger partial charge on any atom is 0.147 e. The van der Waals surface area contributed by atoms with Crippen molar-refractivity contribution in [2.24, 2.45) is 0 Å². The molecule has 0 bridgehead atoms. The van der Waals surface area contributed by atoms with Gasteiger partial charge < -0.3 is 4.57 Å². The molecule has 12 heavy (non-hydrogen) atoms. The van der Waals surface area contributed by atoms with Gasteiger partial charge in [0.25, 0.3) is 0 Å². The molecule has 1 aromatic rings. The monoisotopic (exact) mass is 278 g/mol. The fraction of sp³-hybridized carbons (Fsp3) is 0.714. The molecule has 0 fully saturated rings. The quantitative estimate of drug-likeness (QED) is 0.584. The van der Waals surface area contributed by atoms with Crippen molar-refractivity contribution in [3.63, 3.8) is 0 Å². The molecule has 0 spiro atoms. The van der Waals surface area contributed by atoms with Crippen molar-refractivity contribution >= 4 is 22.6 Å². The molecule has 1 aliphatic heterocycles. The molecule has 5 heteroatoms. The van der Waals surface area contributed by atoms with Gasteiger partial charge >= 0.3 is 0 Å². The van der Waals surface area contributed by atoms with Crippen molar-refractivity contribution in [2.75, 3.05) is 17.5 Å². The van der Waals surface area contributed by atoms with Gasteiger partial charge in [0.15, 0.2) is 0 Å². The van der Waals surface area contributed by atoms with Gasteiger partial charge in [0, 0.05) is 24.1 Å². The van der Waals surface area contributed by atoms with Crippen molar-refractivity contribution < 1.29 is 0 Å². The molecule has 1 aromatic heterocycles. The van der Waals surface area contributed by atoms with Crippen LogP contribution in [0.5, 0.6) is 0 Å². The molecule has 0 saturated heterocycles. The summed E-state index contributed by atoms with van der Waals surface area (Å²) < 4.78 is 3.32. The van der Waals surface area contributed by atoms with Gasteiger partial charge in [-0.2, -0.15) is 0 Å². The van der Waals surface area contributed by atoms with E-state index in [1.54, 1.807) is 0 Å². The minimum Gasteiger partial charge on any atom is -0.315 e. The van der Waals surface area contributed by atoms with Crippen LogP contribution in [0.3, 0.4) is 0 Å². The van der Waals surface area contributed by atoms with E-state index in [0.717, 1.165) is 32.0 Å². The fourth-order valence-electron chi connectivity index (χ4n) is 1.43. The van der Waals surface area contributed by atoms with Crippen LogP contribution < -0.4 is 0 Å². The Morgan fingerprint density at radius 3 is 3.25 bits per heavy atom. The highest BCUT2D eigenvalue weighted by atomic mass is 127. The Hall–Kier alpha value is -0.170. The van der Waals surface area contributed by atoms with Gasteiger partial charge in [-0.1, -0.05) is 22.6 Å². The maximum absolute atomic E-state index is 4.06. The number of rotatable bonds is 2. The lowest BCUT2D eigenvalue weighted by molar-refractivity contribution is 0.231. The van der Waals surface area contributed by atoms with Crippen molar-refractivity contribution in [1.29, 1.82) is 0 Å². The number of aromatic nitrogens is 3. The number of halogens is 1. The molecule has 2 rings (SSSR count). The average molecular weight is 278 g/mol. The SMILES string of the molecule is ICCN1CCn2cnnc2C1. The summed E-state index contributed by atoms with van der Waals surface area (Å²) in [5, 5.41) is 7.94. The van der Waals surface area contributed by atoms with Gasteiger partial charge in [-0.05, 0) is 0 Å². The first kappa shape index (κ1) is 8.43. The van der Waals surface area contributed by atoms with Crippen LogP contribution in [0.4, 0.5) is 0 Å². The summed E-state index contributed by atoms with van der Waals surface area (Å²) in [6.45, 7) is 4.30. The Morgan fingerprint density at radius 2 is 2.42 bits per heavy atom. The van der Waals surface area contributed by atoms with Crippen molar-refractivity contribution in [3.05, 3.63) is 12.2 Å². The predicted octanol–water partition coefficient (Wildman–Crippen LogP) is 0.529. The first-order valence-corrected chi connectivity index (χ1v) is 5.57. The van der Waals surface area contributed by atoms with E-state index in [4.69, 9.17) is 0 Å². The summed E-state index contributed by atoms with van der Waals surface area (Å²) in [6, 6.07) is 0. The molecule has 2 heterocycles. The Labute approximate surface area is 85.1 Å². The van der Waals surface area contributed by atoms with E-state index in [-0.39, 0.29) is 0 Å². The molecule has 0 radical (unpaired) electrons. The van der Waals surface area contributed by atoms with Crippen LogP contribution in [0.15, 0.2) is 6.33 Å². The first-order chi connectivity index (χ1) is 5.90. The number of fused-ring (bicyclic) bond motifs is 1. The van der Waals surface area contributed by atoms with Crippen molar-refractivity contribution in [1.82, 2.24) is 19.7 Å². The molecule has 4 nitrogen and oxygen atoms in total. The molecule has 0 aliphatic carbocycles. The van der Waals surface area contributed by atoms with Crippen LogP contribution in [0, 0.1) is 0 Å². The van der Waals surface area contributed by atoms with Crippen LogP contribution in [0.1, 0.15) is 5.82 Å². The second kappa shape index (κ2) is 3.69. The predicted molar refractivity (Wildman–Crippen MR) is 54.2 cm³/mol. The van der Waals surface area contributed by atoms with Crippen LogP contribution >= 0.6 is 22.6 Å². The summed E-state index contributed by atoms with van der Waals surface area (Å²) in [5.41, 5.74) is 0. The van der Waals surface area contributed by atoms with Crippen LogP contribution in [0.2, 0.25) is 0 Å². The van der Waals surface area contributed by atoms with Gasteiger partial charge in [-0.25, -0.2) is 0 Å². The molecule has 66 valence electrons. The zero-order valence-electron chi connectivity index (χ0n) is 6.78. The standard InChI is InChI=1S/C7H11IN4/c8-1-2-11-3-4-12-6-9-10-7(12)5-11/h6H,1-5H2. The number of alkyl halides is 1. The molecule has 0 unspecified atom stereocenters. The minimum atomic E-state index is 0.961. The molecule has 0 aromatic carbocycles. The summed E-state index contributed by atoms with van der Waals surface area (Å²) >= 11 is 2.40. The maximum atomic E-state index is 4.06.